The van der Waals surface area contributed by atoms with Crippen LogP contribution < -0.4 is 4.74 Å². The maximum absolute atomic E-state index is 15.2. The maximum atomic E-state index is 15.2. The Morgan fingerprint density at radius 3 is 2.12 bits per heavy atom. The van der Waals surface area contributed by atoms with Gasteiger partial charge in [-0.05, 0) is 24.3 Å². The molecule has 1 aromatic heterocycles. The molecule has 0 fully saturated rings. The topological polar surface area (TPSA) is 22.1 Å². The first-order chi connectivity index (χ1) is 12.2. The molecule has 0 unspecified atom stereocenters. The van der Waals surface area contributed by atoms with Crippen LogP contribution in [0, 0.1) is 11.6 Å². The highest BCUT2D eigenvalue weighted by Crippen LogP contribution is 2.38. The van der Waals surface area contributed by atoms with Crippen molar-refractivity contribution in [1.29, 1.82) is 0 Å². The zero-order chi connectivity index (χ0) is 17.2. The van der Waals surface area contributed by atoms with Crippen molar-refractivity contribution < 1.29 is 13.5 Å². The van der Waals surface area contributed by atoms with Crippen molar-refractivity contribution in [3.05, 3.63) is 90.5 Å². The van der Waals surface area contributed by atoms with Gasteiger partial charge < -0.3 is 4.74 Å². The van der Waals surface area contributed by atoms with Crippen LogP contribution in [-0.2, 0) is 0 Å². The molecule has 0 atom stereocenters. The molecule has 4 heteroatoms. The molecule has 0 aliphatic heterocycles. The summed E-state index contributed by atoms with van der Waals surface area (Å²) in [5.41, 5.74) is 1.27. The minimum atomic E-state index is -0.759. The van der Waals surface area contributed by atoms with Gasteiger partial charge in [0.1, 0.15) is 17.3 Å². The van der Waals surface area contributed by atoms with E-state index in [4.69, 9.17) is 4.74 Å². The SMILES string of the molecule is Fc1cccc2nc(-c3ccccc3)c(Oc3ccccc3)c(F)c12. The molecule has 1 heterocycles. The monoisotopic (exact) mass is 333 g/mol. The second-order valence-electron chi connectivity index (χ2n) is 5.52. The molecule has 25 heavy (non-hydrogen) atoms. The number of pyridine rings is 1. The summed E-state index contributed by atoms with van der Waals surface area (Å²) in [6.45, 7) is 0. The second-order valence-corrected chi connectivity index (χ2v) is 5.52. The molecule has 0 radical (unpaired) electrons. The molecular formula is C21H13F2NO. The fraction of sp³-hybridized carbons (Fsp3) is 0. The third-order valence-electron chi connectivity index (χ3n) is 3.87. The number of hydrogen-bond acceptors (Lipinski definition) is 2. The van der Waals surface area contributed by atoms with Crippen LogP contribution in [0.25, 0.3) is 22.2 Å². The second kappa shape index (κ2) is 6.32. The van der Waals surface area contributed by atoms with E-state index >= 15 is 4.39 Å². The van der Waals surface area contributed by atoms with Crippen molar-refractivity contribution in [2.75, 3.05) is 0 Å². The molecule has 0 aliphatic carbocycles. The number of para-hydroxylation sites is 1. The number of ether oxygens (including phenoxy) is 1. The van der Waals surface area contributed by atoms with Crippen molar-refractivity contribution in [3.8, 4) is 22.8 Å². The Morgan fingerprint density at radius 1 is 0.720 bits per heavy atom. The first-order valence-corrected chi connectivity index (χ1v) is 7.80. The number of rotatable bonds is 3. The van der Waals surface area contributed by atoms with E-state index in [0.29, 0.717) is 17.0 Å². The highest BCUT2D eigenvalue weighted by Gasteiger charge is 2.21. The molecule has 0 saturated carbocycles. The van der Waals surface area contributed by atoms with Crippen molar-refractivity contribution in [1.82, 2.24) is 4.98 Å². The van der Waals surface area contributed by atoms with Crippen LogP contribution in [0.1, 0.15) is 0 Å². The highest BCUT2D eigenvalue weighted by atomic mass is 19.1. The molecule has 0 saturated heterocycles. The van der Waals surface area contributed by atoms with E-state index in [0.717, 1.165) is 0 Å². The summed E-state index contributed by atoms with van der Waals surface area (Å²) in [6.07, 6.45) is 0. The summed E-state index contributed by atoms with van der Waals surface area (Å²) in [6, 6.07) is 22.3. The lowest BCUT2D eigenvalue weighted by atomic mass is 10.1. The van der Waals surface area contributed by atoms with Gasteiger partial charge in [0.25, 0.3) is 0 Å². The average molecular weight is 333 g/mol. The van der Waals surface area contributed by atoms with E-state index in [-0.39, 0.29) is 16.7 Å². The van der Waals surface area contributed by atoms with Crippen molar-refractivity contribution in [3.63, 3.8) is 0 Å². The minimum Gasteiger partial charge on any atom is -0.452 e. The van der Waals surface area contributed by atoms with E-state index in [1.54, 1.807) is 30.3 Å². The van der Waals surface area contributed by atoms with Crippen molar-refractivity contribution in [2.45, 2.75) is 0 Å². The fourth-order valence-corrected chi connectivity index (χ4v) is 2.70. The van der Waals surface area contributed by atoms with Crippen LogP contribution >= 0.6 is 0 Å². The Kier molecular flexibility index (Phi) is 3.86. The van der Waals surface area contributed by atoms with Crippen LogP contribution in [0.5, 0.6) is 11.5 Å². The summed E-state index contributed by atoms with van der Waals surface area (Å²) in [7, 11) is 0. The fourth-order valence-electron chi connectivity index (χ4n) is 2.70. The summed E-state index contributed by atoms with van der Waals surface area (Å²) in [5, 5.41) is -0.173. The number of benzene rings is 3. The molecule has 0 aliphatic rings. The molecule has 4 rings (SSSR count). The van der Waals surface area contributed by atoms with Gasteiger partial charge in [0.05, 0.1) is 10.9 Å². The smallest absolute Gasteiger partial charge is 0.190 e. The van der Waals surface area contributed by atoms with Gasteiger partial charge in [0.15, 0.2) is 11.6 Å². The van der Waals surface area contributed by atoms with Gasteiger partial charge in [-0.3, -0.25) is 0 Å². The minimum absolute atomic E-state index is 0.0880. The van der Waals surface area contributed by atoms with E-state index in [9.17, 15) is 4.39 Å². The van der Waals surface area contributed by atoms with Gasteiger partial charge in [-0.15, -0.1) is 0 Å². The summed E-state index contributed by atoms with van der Waals surface area (Å²) < 4.78 is 35.1. The van der Waals surface area contributed by atoms with Gasteiger partial charge >= 0.3 is 0 Å². The first kappa shape index (κ1) is 15.3. The van der Waals surface area contributed by atoms with Gasteiger partial charge in [-0.25, -0.2) is 13.8 Å². The lowest BCUT2D eigenvalue weighted by Crippen LogP contribution is -1.98. The van der Waals surface area contributed by atoms with Crippen LogP contribution in [0.15, 0.2) is 78.9 Å². The summed E-state index contributed by atoms with van der Waals surface area (Å²) >= 11 is 0. The van der Waals surface area contributed by atoms with Crippen molar-refractivity contribution in [2.24, 2.45) is 0 Å². The molecule has 3 aromatic carbocycles. The number of nitrogens with zero attached hydrogens (tertiary/aromatic N) is 1. The molecule has 4 aromatic rings. The Bertz CT molecular complexity index is 1030. The third-order valence-corrected chi connectivity index (χ3v) is 3.87. The third kappa shape index (κ3) is 2.83. The van der Waals surface area contributed by atoms with Gasteiger partial charge in [0.2, 0.25) is 0 Å². The Hall–Kier alpha value is -3.27. The number of hydrogen-bond donors (Lipinski definition) is 0. The molecular weight excluding hydrogens is 320 g/mol. The van der Waals surface area contributed by atoms with E-state index in [2.05, 4.69) is 4.98 Å². The van der Waals surface area contributed by atoms with Gasteiger partial charge in [-0.2, -0.15) is 0 Å². The molecule has 122 valence electrons. The van der Waals surface area contributed by atoms with Crippen LogP contribution in [0.4, 0.5) is 8.78 Å². The number of aromatic nitrogens is 1. The zero-order valence-corrected chi connectivity index (χ0v) is 13.1. The average Bonchev–Trinajstić information content (AvgIpc) is 2.65. The summed E-state index contributed by atoms with van der Waals surface area (Å²) in [5.74, 6) is -1.06. The Labute approximate surface area is 143 Å². The standard InChI is InChI=1S/C21H13F2NO/c22-16-12-7-13-17-18(16)19(23)21(25-15-10-5-2-6-11-15)20(24-17)14-8-3-1-4-9-14/h1-13H. The van der Waals surface area contributed by atoms with Gasteiger partial charge in [-0.1, -0.05) is 54.6 Å². The molecule has 2 nitrogen and oxygen atoms in total. The van der Waals surface area contributed by atoms with Crippen LogP contribution in [0.3, 0.4) is 0 Å². The molecule has 0 N–H and O–H groups in total. The largest absolute Gasteiger partial charge is 0.452 e. The Balaban J connectivity index is 2.00. The molecule has 0 bridgehead atoms. The lowest BCUT2D eigenvalue weighted by Gasteiger charge is -2.14. The zero-order valence-electron chi connectivity index (χ0n) is 13.1. The van der Waals surface area contributed by atoms with Gasteiger partial charge in [0, 0.05) is 5.56 Å². The summed E-state index contributed by atoms with van der Waals surface area (Å²) in [4.78, 5) is 4.46. The van der Waals surface area contributed by atoms with E-state index < -0.39 is 11.6 Å². The van der Waals surface area contributed by atoms with E-state index in [1.165, 1.54) is 12.1 Å². The number of halogens is 2. The normalized spacial score (nSPS) is 10.8. The Morgan fingerprint density at radius 2 is 1.40 bits per heavy atom. The predicted molar refractivity (Wildman–Crippen MR) is 93.6 cm³/mol. The quantitative estimate of drug-likeness (QED) is 0.460. The van der Waals surface area contributed by atoms with Crippen molar-refractivity contribution >= 4 is 10.9 Å². The molecule has 0 amide bonds. The number of fused-ring (bicyclic) bond motifs is 1. The first-order valence-electron chi connectivity index (χ1n) is 7.80. The maximum Gasteiger partial charge on any atom is 0.190 e. The lowest BCUT2D eigenvalue weighted by molar-refractivity contribution is 0.444. The van der Waals surface area contributed by atoms with E-state index in [1.807, 2.05) is 36.4 Å². The predicted octanol–water partition coefficient (Wildman–Crippen LogP) is 5.97. The van der Waals surface area contributed by atoms with Crippen LogP contribution in [-0.4, -0.2) is 4.98 Å². The molecule has 0 spiro atoms. The highest BCUT2D eigenvalue weighted by molar-refractivity contribution is 5.86. The van der Waals surface area contributed by atoms with Crippen LogP contribution in [0.2, 0.25) is 0 Å².